The van der Waals surface area contributed by atoms with Gasteiger partial charge in [-0.3, -0.25) is 0 Å². The van der Waals surface area contributed by atoms with Crippen molar-refractivity contribution in [2.24, 2.45) is 0 Å². The zero-order valence-electron chi connectivity index (χ0n) is 12.5. The number of aliphatic hydroxyl groups is 1. The van der Waals surface area contributed by atoms with Crippen molar-refractivity contribution >= 4 is 23.2 Å². The lowest BCUT2D eigenvalue weighted by Gasteiger charge is -2.12. The van der Waals surface area contributed by atoms with Crippen molar-refractivity contribution in [3.8, 4) is 11.3 Å². The second-order valence-corrected chi connectivity index (χ2v) is 6.17. The van der Waals surface area contributed by atoms with Crippen LogP contribution in [-0.2, 0) is 6.42 Å². The van der Waals surface area contributed by atoms with Gasteiger partial charge in [0.2, 0.25) is 0 Å². The number of rotatable bonds is 4. The van der Waals surface area contributed by atoms with Crippen LogP contribution in [0.2, 0.25) is 10.0 Å². The van der Waals surface area contributed by atoms with Gasteiger partial charge in [0.1, 0.15) is 0 Å². The van der Waals surface area contributed by atoms with E-state index in [-0.39, 0.29) is 6.42 Å². The van der Waals surface area contributed by atoms with Crippen molar-refractivity contribution in [1.82, 2.24) is 9.97 Å². The molecule has 0 fully saturated rings. The summed E-state index contributed by atoms with van der Waals surface area (Å²) in [6.07, 6.45) is -0.586. The SMILES string of the molecule is O=c1nc(-c2ccccc2)cc(C[C@@H](O)c2ccc(Cl)c(Cl)c2)[nH]1. The molecule has 0 aliphatic carbocycles. The molecular formula is C18H14Cl2N2O2. The highest BCUT2D eigenvalue weighted by molar-refractivity contribution is 6.42. The van der Waals surface area contributed by atoms with E-state index < -0.39 is 11.8 Å². The number of hydrogen-bond donors (Lipinski definition) is 2. The summed E-state index contributed by atoms with van der Waals surface area (Å²) in [5.41, 5.74) is 2.17. The van der Waals surface area contributed by atoms with Gasteiger partial charge in [0.05, 0.1) is 21.8 Å². The quantitative estimate of drug-likeness (QED) is 0.738. The first-order chi connectivity index (χ1) is 11.5. The Labute approximate surface area is 148 Å². The molecule has 0 unspecified atom stereocenters. The molecule has 0 aliphatic rings. The predicted octanol–water partition coefficient (Wildman–Crippen LogP) is 4.02. The van der Waals surface area contributed by atoms with Crippen LogP contribution < -0.4 is 5.69 Å². The van der Waals surface area contributed by atoms with E-state index in [1.165, 1.54) is 0 Å². The zero-order valence-corrected chi connectivity index (χ0v) is 14.1. The van der Waals surface area contributed by atoms with Crippen molar-refractivity contribution in [3.63, 3.8) is 0 Å². The third-order valence-corrected chi connectivity index (χ3v) is 4.35. The average molecular weight is 361 g/mol. The van der Waals surface area contributed by atoms with Crippen molar-refractivity contribution in [2.45, 2.75) is 12.5 Å². The molecule has 2 N–H and O–H groups in total. The van der Waals surface area contributed by atoms with Crippen LogP contribution in [0.25, 0.3) is 11.3 Å². The van der Waals surface area contributed by atoms with Crippen molar-refractivity contribution in [1.29, 1.82) is 0 Å². The van der Waals surface area contributed by atoms with E-state index in [2.05, 4.69) is 9.97 Å². The van der Waals surface area contributed by atoms with Crippen LogP contribution in [-0.4, -0.2) is 15.1 Å². The molecule has 0 spiro atoms. The summed E-state index contributed by atoms with van der Waals surface area (Å²) in [5.74, 6) is 0. The monoisotopic (exact) mass is 360 g/mol. The highest BCUT2D eigenvalue weighted by atomic mass is 35.5. The predicted molar refractivity (Wildman–Crippen MR) is 95.4 cm³/mol. The number of nitrogens with one attached hydrogen (secondary N) is 1. The van der Waals surface area contributed by atoms with Gasteiger partial charge in [-0.15, -0.1) is 0 Å². The van der Waals surface area contributed by atoms with Gasteiger partial charge < -0.3 is 10.1 Å². The van der Waals surface area contributed by atoms with E-state index in [0.717, 1.165) is 5.56 Å². The Morgan fingerprint density at radius 3 is 2.50 bits per heavy atom. The maximum absolute atomic E-state index is 11.8. The number of halogens is 2. The van der Waals surface area contributed by atoms with Crippen molar-refractivity contribution in [3.05, 3.63) is 86.4 Å². The Kier molecular flexibility index (Phi) is 5.00. The molecule has 6 heteroatoms. The van der Waals surface area contributed by atoms with E-state index in [1.807, 2.05) is 30.3 Å². The number of aromatic amines is 1. The molecule has 1 aromatic heterocycles. The second kappa shape index (κ2) is 7.18. The maximum atomic E-state index is 11.8. The van der Waals surface area contributed by atoms with Gasteiger partial charge >= 0.3 is 5.69 Å². The van der Waals surface area contributed by atoms with E-state index in [1.54, 1.807) is 24.3 Å². The average Bonchev–Trinajstić information content (AvgIpc) is 2.57. The van der Waals surface area contributed by atoms with Crippen LogP contribution in [0, 0.1) is 0 Å². The summed E-state index contributed by atoms with van der Waals surface area (Å²) in [5, 5.41) is 11.2. The maximum Gasteiger partial charge on any atom is 0.345 e. The Morgan fingerprint density at radius 2 is 1.79 bits per heavy atom. The number of H-pyrrole nitrogens is 1. The summed E-state index contributed by atoms with van der Waals surface area (Å²) in [4.78, 5) is 18.5. The topological polar surface area (TPSA) is 66.0 Å². The van der Waals surface area contributed by atoms with E-state index in [0.29, 0.717) is 27.0 Å². The molecular weight excluding hydrogens is 347 g/mol. The third kappa shape index (κ3) is 3.85. The molecule has 0 amide bonds. The largest absolute Gasteiger partial charge is 0.388 e. The van der Waals surface area contributed by atoms with Crippen LogP contribution in [0.15, 0.2) is 59.4 Å². The summed E-state index contributed by atoms with van der Waals surface area (Å²) in [6, 6.07) is 16.1. The van der Waals surface area contributed by atoms with E-state index in [4.69, 9.17) is 23.2 Å². The number of aliphatic hydroxyl groups excluding tert-OH is 1. The van der Waals surface area contributed by atoms with Crippen LogP contribution in [0.5, 0.6) is 0 Å². The third-order valence-electron chi connectivity index (χ3n) is 3.61. The number of aromatic nitrogens is 2. The molecule has 1 heterocycles. The summed E-state index contributed by atoms with van der Waals surface area (Å²) >= 11 is 11.9. The first-order valence-corrected chi connectivity index (χ1v) is 8.07. The first kappa shape index (κ1) is 16.7. The molecule has 0 aliphatic heterocycles. The fourth-order valence-corrected chi connectivity index (χ4v) is 2.73. The highest BCUT2D eigenvalue weighted by Crippen LogP contribution is 2.27. The summed E-state index contributed by atoms with van der Waals surface area (Å²) in [6.45, 7) is 0. The molecule has 3 rings (SSSR count). The minimum atomic E-state index is -0.818. The van der Waals surface area contributed by atoms with Crippen LogP contribution >= 0.6 is 23.2 Å². The second-order valence-electron chi connectivity index (χ2n) is 5.36. The number of benzene rings is 2. The Balaban J connectivity index is 1.88. The molecule has 2 aromatic carbocycles. The molecule has 0 saturated heterocycles. The van der Waals surface area contributed by atoms with Gasteiger partial charge in [0.15, 0.2) is 0 Å². The molecule has 0 saturated carbocycles. The normalized spacial score (nSPS) is 12.1. The lowest BCUT2D eigenvalue weighted by Crippen LogP contribution is -2.15. The van der Waals surface area contributed by atoms with Gasteiger partial charge in [0, 0.05) is 17.7 Å². The fraction of sp³-hybridized carbons (Fsp3) is 0.111. The van der Waals surface area contributed by atoms with Crippen molar-refractivity contribution < 1.29 is 5.11 Å². The Hall–Kier alpha value is -2.14. The van der Waals surface area contributed by atoms with Crippen LogP contribution in [0.3, 0.4) is 0 Å². The minimum Gasteiger partial charge on any atom is -0.388 e. The van der Waals surface area contributed by atoms with E-state index >= 15 is 0 Å². The molecule has 0 radical (unpaired) electrons. The summed E-state index contributed by atoms with van der Waals surface area (Å²) in [7, 11) is 0. The molecule has 24 heavy (non-hydrogen) atoms. The Morgan fingerprint density at radius 1 is 1.04 bits per heavy atom. The molecule has 3 aromatic rings. The lowest BCUT2D eigenvalue weighted by molar-refractivity contribution is 0.177. The number of hydrogen-bond acceptors (Lipinski definition) is 3. The van der Waals surface area contributed by atoms with Crippen LogP contribution in [0.4, 0.5) is 0 Å². The van der Waals surface area contributed by atoms with E-state index in [9.17, 15) is 9.90 Å². The lowest BCUT2D eigenvalue weighted by atomic mass is 10.0. The fourth-order valence-electron chi connectivity index (χ4n) is 2.42. The minimum absolute atomic E-state index is 0.232. The standard InChI is InChI=1S/C18H14Cl2N2O2/c19-14-7-6-12(8-15(14)20)17(23)10-13-9-16(22-18(24)21-13)11-4-2-1-3-5-11/h1-9,17,23H,10H2,(H,21,22,24)/t17-/m1/s1. The van der Waals surface area contributed by atoms with Crippen molar-refractivity contribution in [2.75, 3.05) is 0 Å². The molecule has 122 valence electrons. The van der Waals surface area contributed by atoms with Gasteiger partial charge in [-0.2, -0.15) is 4.98 Å². The van der Waals surface area contributed by atoms with Gasteiger partial charge in [-0.25, -0.2) is 4.79 Å². The molecule has 1 atom stereocenters. The number of nitrogens with zero attached hydrogens (tertiary/aromatic N) is 1. The van der Waals surface area contributed by atoms with Gasteiger partial charge in [0.25, 0.3) is 0 Å². The zero-order chi connectivity index (χ0) is 17.1. The first-order valence-electron chi connectivity index (χ1n) is 7.31. The molecule has 0 bridgehead atoms. The van der Waals surface area contributed by atoms with Gasteiger partial charge in [-0.05, 0) is 23.8 Å². The van der Waals surface area contributed by atoms with Crippen LogP contribution in [0.1, 0.15) is 17.4 Å². The van der Waals surface area contributed by atoms with Gasteiger partial charge in [-0.1, -0.05) is 59.6 Å². The highest BCUT2D eigenvalue weighted by Gasteiger charge is 2.12. The smallest absolute Gasteiger partial charge is 0.345 e. The summed E-state index contributed by atoms with van der Waals surface area (Å²) < 4.78 is 0. The Bertz CT molecular complexity index is 910. The molecule has 4 nitrogen and oxygen atoms in total.